The lowest BCUT2D eigenvalue weighted by Crippen LogP contribution is -2.17. The first-order valence-corrected chi connectivity index (χ1v) is 7.47. The molecule has 1 saturated carbocycles. The number of nitrogens with zero attached hydrogens (tertiary/aromatic N) is 2. The molecule has 1 aromatic heterocycles. The lowest BCUT2D eigenvalue weighted by atomic mass is 9.93. The number of nitrogen functional groups attached to an aromatic ring is 1. The second-order valence-electron chi connectivity index (χ2n) is 5.84. The second kappa shape index (κ2) is 5.00. The molecule has 1 aliphatic rings. The number of rotatable bonds is 3. The van der Waals surface area contributed by atoms with Crippen LogP contribution < -0.4 is 10.5 Å². The highest BCUT2D eigenvalue weighted by atomic mass is 16.5. The van der Waals surface area contributed by atoms with Gasteiger partial charge in [0.05, 0.1) is 12.6 Å². The van der Waals surface area contributed by atoms with Gasteiger partial charge in [-0.15, -0.1) is 0 Å². The molecule has 0 radical (unpaired) electrons. The third kappa shape index (κ3) is 1.86. The molecule has 2 N–H and O–H groups in total. The van der Waals surface area contributed by atoms with Crippen molar-refractivity contribution in [3.05, 3.63) is 18.2 Å². The van der Waals surface area contributed by atoms with Crippen molar-refractivity contribution in [3.63, 3.8) is 0 Å². The van der Waals surface area contributed by atoms with Crippen LogP contribution in [0.25, 0.3) is 11.0 Å². The van der Waals surface area contributed by atoms with Crippen LogP contribution in [0.5, 0.6) is 5.75 Å². The first-order chi connectivity index (χ1) is 9.67. The van der Waals surface area contributed by atoms with Gasteiger partial charge in [-0.25, -0.2) is 4.98 Å². The molecular formula is C16H23N3O. The standard InChI is InChI=1S/C16H23N3O/c1-4-11-8-9-12(10(11)2)19-13-6-5-7-14(20-3)15(13)18-16(19)17/h5-7,10-12H,4,8-9H2,1-3H3,(H2,17,18). The molecule has 3 unspecified atom stereocenters. The van der Waals surface area contributed by atoms with Crippen molar-refractivity contribution in [1.82, 2.24) is 9.55 Å². The van der Waals surface area contributed by atoms with E-state index < -0.39 is 0 Å². The lowest BCUT2D eigenvalue weighted by molar-refractivity contribution is 0.336. The zero-order valence-corrected chi connectivity index (χ0v) is 12.5. The lowest BCUT2D eigenvalue weighted by Gasteiger charge is -2.22. The fraction of sp³-hybridized carbons (Fsp3) is 0.562. The molecule has 0 saturated heterocycles. The van der Waals surface area contributed by atoms with Crippen LogP contribution >= 0.6 is 0 Å². The molecule has 1 aliphatic carbocycles. The third-order valence-corrected chi connectivity index (χ3v) is 4.97. The van der Waals surface area contributed by atoms with Crippen molar-refractivity contribution < 1.29 is 4.74 Å². The van der Waals surface area contributed by atoms with Crippen LogP contribution in [0.1, 0.15) is 39.2 Å². The van der Waals surface area contributed by atoms with Crippen LogP contribution in [0.2, 0.25) is 0 Å². The first-order valence-electron chi connectivity index (χ1n) is 7.47. The van der Waals surface area contributed by atoms with Crippen LogP contribution in [0, 0.1) is 11.8 Å². The number of aromatic nitrogens is 2. The molecule has 108 valence electrons. The molecule has 0 amide bonds. The Balaban J connectivity index is 2.10. The summed E-state index contributed by atoms with van der Waals surface area (Å²) in [7, 11) is 1.68. The smallest absolute Gasteiger partial charge is 0.201 e. The van der Waals surface area contributed by atoms with Crippen LogP contribution in [0.15, 0.2) is 18.2 Å². The number of benzene rings is 1. The minimum Gasteiger partial charge on any atom is -0.494 e. The average molecular weight is 273 g/mol. The van der Waals surface area contributed by atoms with Crippen molar-refractivity contribution in [2.24, 2.45) is 11.8 Å². The van der Waals surface area contributed by atoms with Gasteiger partial charge in [0.1, 0.15) is 11.3 Å². The van der Waals surface area contributed by atoms with E-state index in [1.165, 1.54) is 19.3 Å². The zero-order valence-electron chi connectivity index (χ0n) is 12.5. The predicted octanol–water partition coefficient (Wildman–Crippen LogP) is 3.62. The van der Waals surface area contributed by atoms with Crippen molar-refractivity contribution >= 4 is 17.0 Å². The molecular weight excluding hydrogens is 250 g/mol. The van der Waals surface area contributed by atoms with Crippen molar-refractivity contribution in [3.8, 4) is 5.75 Å². The van der Waals surface area contributed by atoms with Gasteiger partial charge in [0.2, 0.25) is 5.95 Å². The monoisotopic (exact) mass is 273 g/mol. The Morgan fingerprint density at radius 2 is 2.20 bits per heavy atom. The molecule has 3 rings (SSSR count). The Kier molecular flexibility index (Phi) is 3.32. The Bertz CT molecular complexity index is 619. The molecule has 0 bridgehead atoms. The summed E-state index contributed by atoms with van der Waals surface area (Å²) >= 11 is 0. The zero-order chi connectivity index (χ0) is 14.3. The maximum atomic E-state index is 6.20. The Morgan fingerprint density at radius 1 is 1.40 bits per heavy atom. The molecule has 2 aromatic rings. The van der Waals surface area contributed by atoms with Gasteiger partial charge in [0.15, 0.2) is 0 Å². The average Bonchev–Trinajstić information content (AvgIpc) is 2.97. The summed E-state index contributed by atoms with van der Waals surface area (Å²) in [4.78, 5) is 4.53. The Hall–Kier alpha value is -1.71. The van der Waals surface area contributed by atoms with E-state index in [9.17, 15) is 0 Å². The maximum absolute atomic E-state index is 6.20. The summed E-state index contributed by atoms with van der Waals surface area (Å²) in [5, 5.41) is 0. The molecule has 1 fully saturated rings. The normalized spacial score (nSPS) is 26.2. The van der Waals surface area contributed by atoms with E-state index in [1.807, 2.05) is 12.1 Å². The number of hydrogen-bond acceptors (Lipinski definition) is 3. The highest BCUT2D eigenvalue weighted by molar-refractivity contribution is 5.84. The van der Waals surface area contributed by atoms with E-state index in [4.69, 9.17) is 10.5 Å². The van der Waals surface area contributed by atoms with Gasteiger partial charge >= 0.3 is 0 Å². The van der Waals surface area contributed by atoms with E-state index >= 15 is 0 Å². The first kappa shape index (κ1) is 13.3. The van der Waals surface area contributed by atoms with Crippen molar-refractivity contribution in [2.45, 2.75) is 39.2 Å². The quantitative estimate of drug-likeness (QED) is 0.929. The SMILES string of the molecule is CCC1CCC(n2c(N)nc3c(OC)cccc32)C1C. The van der Waals surface area contributed by atoms with Crippen molar-refractivity contribution in [1.29, 1.82) is 0 Å². The summed E-state index contributed by atoms with van der Waals surface area (Å²) in [5.41, 5.74) is 8.17. The minimum atomic E-state index is 0.456. The molecule has 4 heteroatoms. The largest absolute Gasteiger partial charge is 0.494 e. The number of para-hydroxylation sites is 1. The van der Waals surface area contributed by atoms with Gasteiger partial charge in [-0.2, -0.15) is 0 Å². The summed E-state index contributed by atoms with van der Waals surface area (Å²) < 4.78 is 7.62. The van der Waals surface area contributed by atoms with Gasteiger partial charge in [0, 0.05) is 6.04 Å². The number of ether oxygens (including phenoxy) is 1. The Labute approximate surface area is 119 Å². The molecule has 3 atom stereocenters. The van der Waals surface area contributed by atoms with Crippen LogP contribution in [0.4, 0.5) is 5.95 Å². The van der Waals surface area contributed by atoms with Gasteiger partial charge in [-0.3, -0.25) is 0 Å². The van der Waals surface area contributed by atoms with Gasteiger partial charge < -0.3 is 15.0 Å². The number of fused-ring (bicyclic) bond motifs is 1. The number of imidazole rings is 1. The van der Waals surface area contributed by atoms with E-state index in [0.717, 1.165) is 22.7 Å². The number of anilines is 1. The van der Waals surface area contributed by atoms with Gasteiger partial charge in [-0.05, 0) is 36.8 Å². The number of nitrogens with two attached hydrogens (primary N) is 1. The predicted molar refractivity (Wildman–Crippen MR) is 81.9 cm³/mol. The fourth-order valence-corrected chi connectivity index (χ4v) is 3.79. The molecule has 0 spiro atoms. The summed E-state index contributed by atoms with van der Waals surface area (Å²) in [6, 6.07) is 6.49. The van der Waals surface area contributed by atoms with Crippen LogP contribution in [-0.2, 0) is 0 Å². The van der Waals surface area contributed by atoms with Crippen LogP contribution in [0.3, 0.4) is 0 Å². The summed E-state index contributed by atoms with van der Waals surface area (Å²) in [5.74, 6) is 2.84. The summed E-state index contributed by atoms with van der Waals surface area (Å²) in [6.45, 7) is 4.62. The van der Waals surface area contributed by atoms with E-state index in [-0.39, 0.29) is 0 Å². The maximum Gasteiger partial charge on any atom is 0.201 e. The summed E-state index contributed by atoms with van der Waals surface area (Å²) in [6.07, 6.45) is 3.71. The Morgan fingerprint density at radius 3 is 2.85 bits per heavy atom. The topological polar surface area (TPSA) is 53.1 Å². The van der Waals surface area contributed by atoms with Crippen LogP contribution in [-0.4, -0.2) is 16.7 Å². The van der Waals surface area contributed by atoms with E-state index in [1.54, 1.807) is 7.11 Å². The third-order valence-electron chi connectivity index (χ3n) is 4.97. The number of hydrogen-bond donors (Lipinski definition) is 1. The second-order valence-corrected chi connectivity index (χ2v) is 5.84. The molecule has 20 heavy (non-hydrogen) atoms. The number of methoxy groups -OCH3 is 1. The molecule has 1 aromatic carbocycles. The highest BCUT2D eigenvalue weighted by Crippen LogP contribution is 2.44. The van der Waals surface area contributed by atoms with E-state index in [2.05, 4.69) is 29.5 Å². The minimum absolute atomic E-state index is 0.456. The highest BCUT2D eigenvalue weighted by Gasteiger charge is 2.34. The van der Waals surface area contributed by atoms with Gasteiger partial charge in [-0.1, -0.05) is 26.3 Å². The van der Waals surface area contributed by atoms with E-state index in [0.29, 0.717) is 17.9 Å². The fourth-order valence-electron chi connectivity index (χ4n) is 3.79. The molecule has 4 nitrogen and oxygen atoms in total. The molecule has 1 heterocycles. The molecule has 0 aliphatic heterocycles. The van der Waals surface area contributed by atoms with Gasteiger partial charge in [0.25, 0.3) is 0 Å². The van der Waals surface area contributed by atoms with Crippen molar-refractivity contribution in [2.75, 3.05) is 12.8 Å².